The van der Waals surface area contributed by atoms with Gasteiger partial charge in [0.1, 0.15) is 12.2 Å². The molecule has 0 unspecified atom stereocenters. The van der Waals surface area contributed by atoms with E-state index in [1.807, 2.05) is 19.0 Å². The Morgan fingerprint density at radius 2 is 2.33 bits per heavy atom. The molecule has 0 saturated heterocycles. The van der Waals surface area contributed by atoms with Crippen LogP contribution in [-0.4, -0.2) is 37.9 Å². The van der Waals surface area contributed by atoms with E-state index in [0.29, 0.717) is 6.42 Å². The van der Waals surface area contributed by atoms with Gasteiger partial charge in [-0.2, -0.15) is 0 Å². The zero-order valence-corrected chi connectivity index (χ0v) is 7.36. The van der Waals surface area contributed by atoms with Crippen molar-refractivity contribution in [2.45, 2.75) is 6.42 Å². The second kappa shape index (κ2) is 3.80. The molecule has 0 amide bonds. The average molecular weight is 164 g/mol. The summed E-state index contributed by atoms with van der Waals surface area (Å²) in [5.74, 6) is 0.940. The lowest BCUT2D eigenvalue weighted by Gasteiger charge is -2.13. The van der Waals surface area contributed by atoms with Crippen LogP contribution in [0.15, 0.2) is 26.9 Å². The van der Waals surface area contributed by atoms with Crippen molar-refractivity contribution in [3.63, 3.8) is 0 Å². The first-order chi connectivity index (χ1) is 5.74. The van der Waals surface area contributed by atoms with Crippen LogP contribution in [0.4, 0.5) is 0 Å². The number of amidine groups is 1. The zero-order chi connectivity index (χ0) is 8.97. The van der Waals surface area contributed by atoms with E-state index in [4.69, 9.17) is 0 Å². The maximum absolute atomic E-state index is 4.13. The number of hydrogen-bond donors (Lipinski definition) is 0. The molecule has 0 bridgehead atoms. The van der Waals surface area contributed by atoms with Gasteiger partial charge in [-0.25, -0.2) is 9.98 Å². The lowest BCUT2D eigenvalue weighted by molar-refractivity contribution is 0.611. The Balaban J connectivity index is 2.81. The number of aliphatic imine (C=N–C) groups is 3. The van der Waals surface area contributed by atoms with E-state index in [-0.39, 0.29) is 0 Å². The third kappa shape index (κ3) is 2.02. The lowest BCUT2D eigenvalue weighted by Crippen LogP contribution is -2.22. The van der Waals surface area contributed by atoms with E-state index in [1.54, 1.807) is 6.20 Å². The van der Waals surface area contributed by atoms with Crippen LogP contribution in [0.2, 0.25) is 0 Å². The fourth-order valence-electron chi connectivity index (χ4n) is 0.843. The van der Waals surface area contributed by atoms with E-state index >= 15 is 0 Å². The molecule has 4 heteroatoms. The number of nitrogens with zero attached hydrogens (tertiary/aromatic N) is 4. The van der Waals surface area contributed by atoms with E-state index < -0.39 is 0 Å². The molecular weight excluding hydrogens is 152 g/mol. The van der Waals surface area contributed by atoms with Gasteiger partial charge >= 0.3 is 0 Å². The van der Waals surface area contributed by atoms with Crippen molar-refractivity contribution in [3.8, 4) is 0 Å². The van der Waals surface area contributed by atoms with E-state index in [9.17, 15) is 0 Å². The predicted molar refractivity (Wildman–Crippen MR) is 51.9 cm³/mol. The second-order valence-electron chi connectivity index (χ2n) is 2.66. The number of rotatable bonds is 1. The van der Waals surface area contributed by atoms with Gasteiger partial charge < -0.3 is 4.90 Å². The topological polar surface area (TPSA) is 40.3 Å². The van der Waals surface area contributed by atoms with Crippen molar-refractivity contribution in [1.82, 2.24) is 4.90 Å². The Labute approximate surface area is 72.0 Å². The lowest BCUT2D eigenvalue weighted by atomic mass is 10.3. The van der Waals surface area contributed by atoms with Crippen molar-refractivity contribution >= 4 is 18.9 Å². The molecule has 1 rings (SSSR count). The van der Waals surface area contributed by atoms with Crippen LogP contribution in [0.1, 0.15) is 6.42 Å². The standard InChI is InChI=1S/C8H12N4/c1-9-7-4-8(12(2)3)11-6-10-5-7/h5-6H,1,4H2,2-3H3. The van der Waals surface area contributed by atoms with E-state index in [2.05, 4.69) is 21.7 Å². The summed E-state index contributed by atoms with van der Waals surface area (Å²) in [7, 11) is 3.89. The van der Waals surface area contributed by atoms with Gasteiger partial charge in [-0.3, -0.25) is 4.99 Å². The first kappa shape index (κ1) is 8.64. The van der Waals surface area contributed by atoms with Crippen molar-refractivity contribution in [3.05, 3.63) is 11.9 Å². The minimum Gasteiger partial charge on any atom is -0.366 e. The summed E-state index contributed by atoms with van der Waals surface area (Å²) in [6.07, 6.45) is 3.89. The highest BCUT2D eigenvalue weighted by Crippen LogP contribution is 2.07. The molecule has 0 aliphatic carbocycles. The highest BCUT2D eigenvalue weighted by atomic mass is 15.1. The molecule has 0 saturated carbocycles. The van der Waals surface area contributed by atoms with Gasteiger partial charge in [-0.1, -0.05) is 0 Å². The molecule has 0 N–H and O–H groups in total. The van der Waals surface area contributed by atoms with Crippen LogP contribution < -0.4 is 0 Å². The molecule has 0 radical (unpaired) electrons. The van der Waals surface area contributed by atoms with Crippen molar-refractivity contribution < 1.29 is 0 Å². The first-order valence-electron chi connectivity index (χ1n) is 3.65. The molecule has 1 heterocycles. The third-order valence-electron chi connectivity index (χ3n) is 1.56. The van der Waals surface area contributed by atoms with Crippen LogP contribution >= 0.6 is 0 Å². The smallest absolute Gasteiger partial charge is 0.117 e. The predicted octanol–water partition coefficient (Wildman–Crippen LogP) is 0.920. The van der Waals surface area contributed by atoms with Gasteiger partial charge in [-0.15, -0.1) is 0 Å². The molecule has 0 aromatic heterocycles. The third-order valence-corrected chi connectivity index (χ3v) is 1.56. The van der Waals surface area contributed by atoms with Gasteiger partial charge in [0, 0.05) is 20.5 Å². The van der Waals surface area contributed by atoms with Gasteiger partial charge in [0.15, 0.2) is 0 Å². The summed E-state index contributed by atoms with van der Waals surface area (Å²) < 4.78 is 0. The molecular formula is C8H12N4. The van der Waals surface area contributed by atoms with Crippen LogP contribution in [-0.2, 0) is 0 Å². The fourth-order valence-corrected chi connectivity index (χ4v) is 0.843. The molecule has 0 aromatic carbocycles. The Morgan fingerprint density at radius 1 is 1.58 bits per heavy atom. The highest BCUT2D eigenvalue weighted by Gasteiger charge is 2.05. The summed E-state index contributed by atoms with van der Waals surface area (Å²) in [6, 6.07) is 0. The fraction of sp³-hybridized carbons (Fsp3) is 0.375. The van der Waals surface area contributed by atoms with Crippen molar-refractivity contribution in [1.29, 1.82) is 0 Å². The van der Waals surface area contributed by atoms with E-state index in [0.717, 1.165) is 11.5 Å². The second-order valence-corrected chi connectivity index (χ2v) is 2.66. The summed E-state index contributed by atoms with van der Waals surface area (Å²) in [6.45, 7) is 3.45. The maximum atomic E-state index is 4.13. The monoisotopic (exact) mass is 164 g/mol. The summed E-state index contributed by atoms with van der Waals surface area (Å²) in [5, 5.41) is 0. The minimum absolute atomic E-state index is 0.691. The Morgan fingerprint density at radius 3 is 2.92 bits per heavy atom. The summed E-state index contributed by atoms with van der Waals surface area (Å²) in [5.41, 5.74) is 0.844. The Kier molecular flexibility index (Phi) is 2.74. The molecule has 12 heavy (non-hydrogen) atoms. The molecule has 4 nitrogen and oxygen atoms in total. The van der Waals surface area contributed by atoms with Crippen molar-refractivity contribution in [2.24, 2.45) is 15.0 Å². The molecule has 0 fully saturated rings. The molecule has 0 spiro atoms. The van der Waals surface area contributed by atoms with E-state index in [1.165, 1.54) is 6.34 Å². The highest BCUT2D eigenvalue weighted by molar-refractivity contribution is 5.91. The Bertz CT molecular complexity index is 260. The van der Waals surface area contributed by atoms with Gasteiger partial charge in [0.2, 0.25) is 0 Å². The first-order valence-corrected chi connectivity index (χ1v) is 3.65. The Hall–Kier alpha value is -1.45. The van der Waals surface area contributed by atoms with Gasteiger partial charge in [0.25, 0.3) is 0 Å². The molecule has 0 atom stereocenters. The van der Waals surface area contributed by atoms with Gasteiger partial charge in [0.05, 0.1) is 11.9 Å². The van der Waals surface area contributed by atoms with Crippen LogP contribution in [0, 0.1) is 0 Å². The van der Waals surface area contributed by atoms with Crippen molar-refractivity contribution in [2.75, 3.05) is 14.1 Å². The van der Waals surface area contributed by atoms with Crippen LogP contribution in [0.5, 0.6) is 0 Å². The molecule has 1 aliphatic rings. The normalized spacial score (nSPS) is 16.2. The molecule has 1 aliphatic heterocycles. The largest absolute Gasteiger partial charge is 0.366 e. The minimum atomic E-state index is 0.691. The zero-order valence-electron chi connectivity index (χ0n) is 7.36. The number of hydrogen-bond acceptors (Lipinski definition) is 4. The quantitative estimate of drug-likeness (QED) is 0.531. The summed E-state index contributed by atoms with van der Waals surface area (Å²) in [4.78, 5) is 13.8. The summed E-state index contributed by atoms with van der Waals surface area (Å²) >= 11 is 0. The van der Waals surface area contributed by atoms with Gasteiger partial charge in [-0.05, 0) is 6.72 Å². The average Bonchev–Trinajstić information content (AvgIpc) is 2.28. The maximum Gasteiger partial charge on any atom is 0.117 e. The molecule has 0 aromatic rings. The molecule has 64 valence electrons. The van der Waals surface area contributed by atoms with Crippen LogP contribution in [0.3, 0.4) is 0 Å². The van der Waals surface area contributed by atoms with Crippen LogP contribution in [0.25, 0.3) is 0 Å². The SMILES string of the molecule is C=NC1=CN=CN=C(N(C)C)C1.